The van der Waals surface area contributed by atoms with Gasteiger partial charge in [-0.25, -0.2) is 9.36 Å². The van der Waals surface area contributed by atoms with E-state index >= 15 is 0 Å². The van der Waals surface area contributed by atoms with Gasteiger partial charge < -0.3 is 25.6 Å². The van der Waals surface area contributed by atoms with Crippen molar-refractivity contribution in [3.8, 4) is 5.75 Å². The highest BCUT2D eigenvalue weighted by molar-refractivity contribution is 6.43. The molecule has 10 heteroatoms. The zero-order chi connectivity index (χ0) is 24.7. The molecule has 7 N–H and O–H groups in total. The van der Waals surface area contributed by atoms with Crippen LogP contribution in [0.3, 0.4) is 0 Å². The number of hydrogen-bond donors (Lipinski definition) is 6. The molecule has 0 aliphatic carbocycles. The maximum atomic E-state index is 12.4. The fourth-order valence-electron chi connectivity index (χ4n) is 3.58. The second-order valence-electron chi connectivity index (χ2n) is 8.05. The molecular formula is C24H27BN3O6+. The second-order valence-corrected chi connectivity index (χ2v) is 8.05. The summed E-state index contributed by atoms with van der Waals surface area (Å²) >= 11 is 0. The summed E-state index contributed by atoms with van der Waals surface area (Å²) in [4.78, 5) is 23.6. The molecule has 3 aromatic rings. The van der Waals surface area contributed by atoms with Crippen molar-refractivity contribution in [2.75, 3.05) is 12.3 Å². The van der Waals surface area contributed by atoms with Gasteiger partial charge in [0.25, 0.3) is 5.82 Å². The Hall–Kier alpha value is -3.89. The number of hydrogen-bond acceptors (Lipinski definition) is 6. The first-order valence-corrected chi connectivity index (χ1v) is 10.7. The van der Waals surface area contributed by atoms with Crippen LogP contribution in [0.4, 0.5) is 5.82 Å². The van der Waals surface area contributed by atoms with Gasteiger partial charge in [-0.2, -0.15) is 0 Å². The van der Waals surface area contributed by atoms with Crippen LogP contribution in [0.25, 0.3) is 0 Å². The lowest BCUT2D eigenvalue weighted by Crippen LogP contribution is -2.37. The summed E-state index contributed by atoms with van der Waals surface area (Å²) in [6, 6.07) is 17.3. The number of nitrogen functional groups attached to an aromatic ring is 1. The lowest BCUT2D eigenvalue weighted by Gasteiger charge is -2.18. The summed E-state index contributed by atoms with van der Waals surface area (Å²) in [6.07, 6.45) is 1.97. The highest BCUT2D eigenvalue weighted by Gasteiger charge is 2.26. The second kappa shape index (κ2) is 11.3. The quantitative estimate of drug-likeness (QED) is 0.191. The van der Waals surface area contributed by atoms with E-state index in [9.17, 15) is 24.7 Å². The zero-order valence-corrected chi connectivity index (χ0v) is 18.5. The Bertz CT molecular complexity index is 1150. The third-order valence-electron chi connectivity index (χ3n) is 5.53. The molecule has 0 radical (unpaired) electrons. The van der Waals surface area contributed by atoms with E-state index in [1.165, 1.54) is 18.2 Å². The van der Waals surface area contributed by atoms with Gasteiger partial charge in [0.2, 0.25) is 5.91 Å². The lowest BCUT2D eigenvalue weighted by molar-refractivity contribution is -0.674. The number of nitrogens with one attached hydrogen (secondary N) is 1. The van der Waals surface area contributed by atoms with Crippen molar-refractivity contribution in [1.29, 1.82) is 0 Å². The summed E-state index contributed by atoms with van der Waals surface area (Å²) in [5.74, 6) is -2.21. The zero-order valence-electron chi connectivity index (χ0n) is 18.5. The molecule has 1 atom stereocenters. The number of aromatic nitrogens is 1. The van der Waals surface area contributed by atoms with Gasteiger partial charge >= 0.3 is 13.1 Å². The molecule has 0 aliphatic rings. The number of phenols is 1. The summed E-state index contributed by atoms with van der Waals surface area (Å²) in [5, 5.41) is 41.4. The number of carboxylic acids is 1. The van der Waals surface area contributed by atoms with Gasteiger partial charge in [-0.3, -0.25) is 10.5 Å². The highest BCUT2D eigenvalue weighted by Crippen LogP contribution is 2.27. The molecule has 0 unspecified atom stereocenters. The molecule has 3 rings (SSSR count). The molecule has 9 nitrogen and oxygen atoms in total. The summed E-state index contributed by atoms with van der Waals surface area (Å²) in [6.45, 7) is 0.542. The Balaban J connectivity index is 1.56. The van der Waals surface area contributed by atoms with Crippen LogP contribution in [0.1, 0.15) is 27.0 Å². The number of carbonyl (C=O) groups is 2. The van der Waals surface area contributed by atoms with Crippen LogP contribution in [-0.2, 0) is 24.2 Å². The lowest BCUT2D eigenvalue weighted by atomic mass is 9.69. The van der Waals surface area contributed by atoms with Gasteiger partial charge in [0.15, 0.2) is 0 Å². The van der Waals surface area contributed by atoms with Crippen LogP contribution < -0.4 is 15.6 Å². The van der Waals surface area contributed by atoms with E-state index in [2.05, 4.69) is 5.32 Å². The van der Waals surface area contributed by atoms with Gasteiger partial charge in [-0.05, 0) is 35.2 Å². The minimum Gasteiger partial charge on any atom is -0.507 e. The molecule has 34 heavy (non-hydrogen) atoms. The molecule has 0 spiro atoms. The van der Waals surface area contributed by atoms with Crippen molar-refractivity contribution in [3.63, 3.8) is 0 Å². The van der Waals surface area contributed by atoms with E-state index in [1.54, 1.807) is 0 Å². The van der Waals surface area contributed by atoms with Crippen molar-refractivity contribution in [2.45, 2.75) is 25.2 Å². The van der Waals surface area contributed by atoms with Crippen LogP contribution in [-0.4, -0.2) is 45.8 Å². The number of para-hydroxylation sites is 1. The van der Waals surface area contributed by atoms with Gasteiger partial charge in [0, 0.05) is 18.4 Å². The number of nitrogens with two attached hydrogens (primary N) is 1. The van der Waals surface area contributed by atoms with Crippen LogP contribution in [0.15, 0.2) is 66.9 Å². The first kappa shape index (κ1) is 24.8. The number of pyridine rings is 1. The molecule has 2 aromatic carbocycles. The van der Waals surface area contributed by atoms with Crippen molar-refractivity contribution in [3.05, 3.63) is 89.1 Å². The maximum absolute atomic E-state index is 12.4. The fourth-order valence-corrected chi connectivity index (χ4v) is 3.58. The predicted octanol–water partition coefficient (Wildman–Crippen LogP) is 0.753. The Morgan fingerprint density at radius 1 is 1.00 bits per heavy atom. The van der Waals surface area contributed by atoms with Gasteiger partial charge in [-0.15, -0.1) is 0 Å². The number of carbonyl (C=O) groups excluding carboxylic acids is 1. The minimum atomic E-state index is -1.77. The normalized spacial score (nSPS) is 11.6. The van der Waals surface area contributed by atoms with Gasteiger partial charge in [-0.1, -0.05) is 42.5 Å². The summed E-state index contributed by atoms with van der Waals surface area (Å²) in [7, 11) is -1.77. The monoisotopic (exact) mass is 464 g/mol. The number of aromatic hydroxyl groups is 1. The molecule has 0 aliphatic heterocycles. The molecule has 1 amide bonds. The Morgan fingerprint density at radius 3 is 2.35 bits per heavy atom. The number of nitrogens with zero attached hydrogens (tertiary/aromatic N) is 1. The van der Waals surface area contributed by atoms with E-state index < -0.39 is 24.7 Å². The third kappa shape index (κ3) is 6.56. The topological polar surface area (TPSA) is 157 Å². The third-order valence-corrected chi connectivity index (χ3v) is 5.53. The first-order chi connectivity index (χ1) is 16.2. The van der Waals surface area contributed by atoms with Crippen molar-refractivity contribution >= 4 is 24.8 Å². The van der Waals surface area contributed by atoms with Crippen LogP contribution >= 0.6 is 0 Å². The van der Waals surface area contributed by atoms with Crippen LogP contribution in [0, 0.1) is 0 Å². The van der Waals surface area contributed by atoms with Gasteiger partial charge in [0.1, 0.15) is 17.9 Å². The average molecular weight is 464 g/mol. The Morgan fingerprint density at radius 2 is 1.71 bits per heavy atom. The van der Waals surface area contributed by atoms with Crippen LogP contribution in [0.2, 0.25) is 5.82 Å². The highest BCUT2D eigenvalue weighted by atomic mass is 16.4. The molecule has 0 fully saturated rings. The number of anilines is 1. The number of rotatable bonds is 10. The van der Waals surface area contributed by atoms with Gasteiger partial charge in [0.05, 0.1) is 12.6 Å². The number of benzene rings is 2. The van der Waals surface area contributed by atoms with Crippen molar-refractivity contribution < 1.29 is 34.4 Å². The molecule has 0 saturated heterocycles. The molecule has 176 valence electrons. The fraction of sp³-hybridized carbons (Fsp3) is 0.208. The molecule has 1 heterocycles. The summed E-state index contributed by atoms with van der Waals surface area (Å²) in [5.41, 5.74) is 7.75. The number of amides is 1. The average Bonchev–Trinajstić information content (AvgIpc) is 2.80. The number of aromatic carboxylic acids is 1. The SMILES string of the molecule is Nc1cccc[n+]1Cc1ccc(CC(=O)NC[C@@H](Cc2cccc(C(=O)O)c2O)B(O)O)cc1. The molecule has 0 bridgehead atoms. The predicted molar refractivity (Wildman–Crippen MR) is 126 cm³/mol. The van der Waals surface area contributed by atoms with E-state index in [-0.39, 0.29) is 36.4 Å². The largest absolute Gasteiger partial charge is 0.507 e. The van der Waals surface area contributed by atoms with Crippen molar-refractivity contribution in [2.24, 2.45) is 0 Å². The standard InChI is InChI=1S/C24H26BN3O6/c26-21-6-1-2-11-28(21)15-17-9-7-16(8-10-17)12-22(29)27-14-19(25(33)34)13-18-4-3-5-20(23(18)30)24(31)32/h1-11,19,26,33-34H,12-15H2,(H3,27,29,30,31,32)/p+1/t19-/m1/s1. The molecular weight excluding hydrogens is 437 g/mol. The minimum absolute atomic E-state index is 0.0279. The number of carboxylic acid groups (broad SMARTS) is 1. The van der Waals surface area contributed by atoms with E-state index in [0.29, 0.717) is 12.4 Å². The van der Waals surface area contributed by atoms with E-state index in [1.807, 2.05) is 53.2 Å². The smallest absolute Gasteiger partial charge is 0.456 e. The Kier molecular flexibility index (Phi) is 8.23. The van der Waals surface area contributed by atoms with E-state index in [0.717, 1.165) is 11.1 Å². The molecule has 0 saturated carbocycles. The maximum Gasteiger partial charge on any atom is 0.456 e. The molecule has 1 aromatic heterocycles. The van der Waals surface area contributed by atoms with Crippen LogP contribution in [0.5, 0.6) is 5.75 Å². The van der Waals surface area contributed by atoms with Crippen molar-refractivity contribution in [1.82, 2.24) is 5.32 Å². The van der Waals surface area contributed by atoms with E-state index in [4.69, 9.17) is 10.8 Å². The Labute approximate surface area is 197 Å². The first-order valence-electron chi connectivity index (χ1n) is 10.7. The summed E-state index contributed by atoms with van der Waals surface area (Å²) < 4.78 is 1.91.